The van der Waals surface area contributed by atoms with Crippen LogP contribution >= 0.6 is 0 Å². The first-order chi connectivity index (χ1) is 9.91. The fourth-order valence-corrected chi connectivity index (χ4v) is 4.50. The number of amides is 1. The highest BCUT2D eigenvalue weighted by Crippen LogP contribution is 2.20. The molecule has 1 atom stereocenters. The van der Waals surface area contributed by atoms with Crippen molar-refractivity contribution in [3.05, 3.63) is 23.7 Å². The molecular weight excluding hydrogens is 290 g/mol. The first-order valence-corrected chi connectivity index (χ1v) is 9.28. The maximum absolute atomic E-state index is 12.4. The van der Waals surface area contributed by atoms with Gasteiger partial charge in [0, 0.05) is 25.4 Å². The largest absolute Gasteiger partial charge is 0.466 e. The van der Waals surface area contributed by atoms with E-state index in [0.29, 0.717) is 25.8 Å². The number of carbonyl (C=O) groups is 1. The molecule has 0 spiro atoms. The van der Waals surface area contributed by atoms with Gasteiger partial charge in [0.05, 0.1) is 11.5 Å². The quantitative estimate of drug-likeness (QED) is 0.805. The van der Waals surface area contributed by atoms with Crippen molar-refractivity contribution in [1.29, 1.82) is 0 Å². The Morgan fingerprint density at radius 1 is 1.43 bits per heavy atom. The van der Waals surface area contributed by atoms with E-state index >= 15 is 0 Å². The van der Waals surface area contributed by atoms with Gasteiger partial charge in [0.1, 0.15) is 11.5 Å². The van der Waals surface area contributed by atoms with Crippen molar-refractivity contribution in [3.8, 4) is 0 Å². The fraction of sp³-hybridized carbons (Fsp3) is 0.667. The van der Waals surface area contributed by atoms with Crippen LogP contribution in [0.2, 0.25) is 0 Å². The number of furan rings is 1. The third kappa shape index (κ3) is 4.33. The van der Waals surface area contributed by atoms with Crippen molar-refractivity contribution >= 4 is 15.7 Å². The smallest absolute Gasteiger partial charge is 0.223 e. The molecule has 118 valence electrons. The van der Waals surface area contributed by atoms with Crippen molar-refractivity contribution in [2.75, 3.05) is 18.1 Å². The second kappa shape index (κ2) is 6.64. The van der Waals surface area contributed by atoms with Crippen LogP contribution in [0.3, 0.4) is 0 Å². The molecule has 0 bridgehead atoms. The van der Waals surface area contributed by atoms with Gasteiger partial charge in [-0.3, -0.25) is 4.79 Å². The highest BCUT2D eigenvalue weighted by Gasteiger charge is 2.33. The van der Waals surface area contributed by atoms with Crippen molar-refractivity contribution in [3.63, 3.8) is 0 Å². The number of sulfone groups is 1. The van der Waals surface area contributed by atoms with Crippen molar-refractivity contribution in [1.82, 2.24) is 4.90 Å². The van der Waals surface area contributed by atoms with E-state index in [2.05, 4.69) is 0 Å². The Labute approximate surface area is 126 Å². The Bertz CT molecular complexity index is 591. The SMILES string of the molecule is CCCN(C(=O)CCc1ccc(C)o1)C1CCS(=O)(=O)C1. The Kier molecular flexibility index (Phi) is 5.08. The van der Waals surface area contributed by atoms with Crippen LogP contribution in [0, 0.1) is 6.92 Å². The number of nitrogens with zero attached hydrogens (tertiary/aromatic N) is 1. The van der Waals surface area contributed by atoms with Crippen LogP contribution in [0.1, 0.15) is 37.7 Å². The number of carbonyl (C=O) groups excluding carboxylic acids is 1. The molecule has 5 nitrogen and oxygen atoms in total. The molecule has 1 aromatic heterocycles. The fourth-order valence-electron chi connectivity index (χ4n) is 2.77. The van der Waals surface area contributed by atoms with Gasteiger partial charge >= 0.3 is 0 Å². The van der Waals surface area contributed by atoms with Crippen molar-refractivity contribution < 1.29 is 17.6 Å². The molecule has 1 unspecified atom stereocenters. The van der Waals surface area contributed by atoms with Crippen LogP contribution in [0.4, 0.5) is 0 Å². The van der Waals surface area contributed by atoms with E-state index in [4.69, 9.17) is 4.42 Å². The molecule has 1 fully saturated rings. The molecule has 0 N–H and O–H groups in total. The zero-order valence-corrected chi connectivity index (χ0v) is 13.5. The predicted molar refractivity (Wildman–Crippen MR) is 80.8 cm³/mol. The van der Waals surface area contributed by atoms with Crippen LogP contribution in [-0.4, -0.2) is 43.3 Å². The lowest BCUT2D eigenvalue weighted by Crippen LogP contribution is -2.41. The minimum absolute atomic E-state index is 0.0213. The van der Waals surface area contributed by atoms with Crippen molar-refractivity contribution in [2.45, 2.75) is 45.6 Å². The molecule has 6 heteroatoms. The molecule has 1 saturated heterocycles. The highest BCUT2D eigenvalue weighted by atomic mass is 32.2. The highest BCUT2D eigenvalue weighted by molar-refractivity contribution is 7.91. The first kappa shape index (κ1) is 16.1. The molecule has 0 saturated carbocycles. The van der Waals surface area contributed by atoms with Gasteiger partial charge in [-0.15, -0.1) is 0 Å². The second-order valence-electron chi connectivity index (χ2n) is 5.66. The van der Waals surface area contributed by atoms with E-state index in [1.54, 1.807) is 4.90 Å². The number of hydrogen-bond donors (Lipinski definition) is 0. The normalized spacial score (nSPS) is 20.6. The molecule has 1 aliphatic rings. The predicted octanol–water partition coefficient (Wildman–Crippen LogP) is 1.95. The standard InChI is InChI=1S/C15H23NO4S/c1-3-9-16(13-8-10-21(18,19)11-13)15(17)7-6-14-5-4-12(2)20-14/h4-5,13H,3,6-11H2,1-2H3. The molecule has 0 radical (unpaired) electrons. The zero-order valence-electron chi connectivity index (χ0n) is 12.7. The Balaban J connectivity index is 1.95. The van der Waals surface area contributed by atoms with Crippen LogP contribution in [0.15, 0.2) is 16.5 Å². The maximum Gasteiger partial charge on any atom is 0.223 e. The molecule has 1 aromatic rings. The molecule has 2 heterocycles. The van der Waals surface area contributed by atoms with Crippen LogP contribution in [0.25, 0.3) is 0 Å². The monoisotopic (exact) mass is 313 g/mol. The first-order valence-electron chi connectivity index (χ1n) is 7.46. The lowest BCUT2D eigenvalue weighted by Gasteiger charge is -2.28. The minimum atomic E-state index is -2.97. The summed E-state index contributed by atoms with van der Waals surface area (Å²) in [6.45, 7) is 4.49. The molecule has 0 aliphatic carbocycles. The second-order valence-corrected chi connectivity index (χ2v) is 7.89. The summed E-state index contributed by atoms with van der Waals surface area (Å²) in [5, 5.41) is 0. The molecule has 2 rings (SSSR count). The van der Waals surface area contributed by atoms with Gasteiger partial charge < -0.3 is 9.32 Å². The lowest BCUT2D eigenvalue weighted by atomic mass is 10.1. The Morgan fingerprint density at radius 2 is 2.19 bits per heavy atom. The van der Waals surface area contributed by atoms with Gasteiger partial charge in [-0.25, -0.2) is 8.42 Å². The summed E-state index contributed by atoms with van der Waals surface area (Å²) >= 11 is 0. The molecular formula is C15H23NO4S. The summed E-state index contributed by atoms with van der Waals surface area (Å²) in [7, 11) is -2.97. The summed E-state index contributed by atoms with van der Waals surface area (Å²) in [5.41, 5.74) is 0. The van der Waals surface area contributed by atoms with Crippen molar-refractivity contribution in [2.24, 2.45) is 0 Å². The summed E-state index contributed by atoms with van der Waals surface area (Å²) < 4.78 is 28.7. The number of hydrogen-bond acceptors (Lipinski definition) is 4. The third-order valence-corrected chi connectivity index (χ3v) is 5.57. The van der Waals surface area contributed by atoms with E-state index in [9.17, 15) is 13.2 Å². The molecule has 0 aromatic carbocycles. The van der Waals surface area contributed by atoms with Gasteiger partial charge in [0.25, 0.3) is 0 Å². The van der Waals surface area contributed by atoms with Crippen LogP contribution in [-0.2, 0) is 21.1 Å². The number of rotatable bonds is 6. The van der Waals surface area contributed by atoms with Crippen LogP contribution < -0.4 is 0 Å². The summed E-state index contributed by atoms with van der Waals surface area (Å²) in [5.74, 6) is 1.97. The average molecular weight is 313 g/mol. The third-order valence-electron chi connectivity index (χ3n) is 3.82. The lowest BCUT2D eigenvalue weighted by molar-refractivity contribution is -0.133. The van der Waals surface area contributed by atoms with Crippen LogP contribution in [0.5, 0.6) is 0 Å². The van der Waals surface area contributed by atoms with Gasteiger partial charge in [0.2, 0.25) is 5.91 Å². The van der Waals surface area contributed by atoms with Gasteiger partial charge in [-0.05, 0) is 31.9 Å². The average Bonchev–Trinajstić information content (AvgIpc) is 2.99. The summed E-state index contributed by atoms with van der Waals surface area (Å²) in [4.78, 5) is 14.2. The van der Waals surface area contributed by atoms with E-state index in [1.807, 2.05) is 26.0 Å². The van der Waals surface area contributed by atoms with Gasteiger partial charge in [0.15, 0.2) is 9.84 Å². The number of aryl methyl sites for hydroxylation is 2. The molecule has 21 heavy (non-hydrogen) atoms. The van der Waals surface area contributed by atoms with E-state index in [0.717, 1.165) is 17.9 Å². The Hall–Kier alpha value is -1.30. The van der Waals surface area contributed by atoms with E-state index < -0.39 is 9.84 Å². The Morgan fingerprint density at radius 3 is 2.71 bits per heavy atom. The molecule has 1 amide bonds. The zero-order chi connectivity index (χ0) is 15.5. The molecule has 1 aliphatic heterocycles. The summed E-state index contributed by atoms with van der Waals surface area (Å²) in [6, 6.07) is 3.61. The maximum atomic E-state index is 12.4. The topological polar surface area (TPSA) is 67.6 Å². The van der Waals surface area contributed by atoms with E-state index in [1.165, 1.54) is 0 Å². The van der Waals surface area contributed by atoms with Gasteiger partial charge in [-0.1, -0.05) is 6.92 Å². The van der Waals surface area contributed by atoms with Gasteiger partial charge in [-0.2, -0.15) is 0 Å². The minimum Gasteiger partial charge on any atom is -0.466 e. The van der Waals surface area contributed by atoms with E-state index in [-0.39, 0.29) is 23.5 Å². The summed E-state index contributed by atoms with van der Waals surface area (Å²) in [6.07, 6.45) is 2.33.